The highest BCUT2D eigenvalue weighted by Crippen LogP contribution is 2.33. The quantitative estimate of drug-likeness (QED) is 0.937. The maximum atomic E-state index is 12.9. The third kappa shape index (κ3) is 3.20. The molecule has 1 fully saturated rings. The van der Waals surface area contributed by atoms with Crippen molar-refractivity contribution in [2.75, 3.05) is 24.7 Å². The van der Waals surface area contributed by atoms with E-state index in [9.17, 15) is 4.79 Å². The second-order valence-corrected chi connectivity index (χ2v) is 6.92. The van der Waals surface area contributed by atoms with Crippen LogP contribution in [0.4, 0.5) is 5.69 Å². The maximum Gasteiger partial charge on any atom is 0.244 e. The monoisotopic (exact) mass is 336 g/mol. The van der Waals surface area contributed by atoms with Gasteiger partial charge in [-0.1, -0.05) is 36.4 Å². The Kier molecular flexibility index (Phi) is 4.55. The highest BCUT2D eigenvalue weighted by atomic mass is 16.5. The number of hydrogen-bond acceptors (Lipinski definition) is 3. The minimum atomic E-state index is -0.427. The summed E-state index contributed by atoms with van der Waals surface area (Å²) in [7, 11) is 0. The van der Waals surface area contributed by atoms with Crippen molar-refractivity contribution in [3.63, 3.8) is 0 Å². The van der Waals surface area contributed by atoms with Crippen molar-refractivity contribution in [3.05, 3.63) is 54.1 Å². The SMILES string of the molecule is NC(C(=O)N1CCc2cc(-c3ccccc3)ccc21)C1CCOCC1. The van der Waals surface area contributed by atoms with E-state index in [2.05, 4.69) is 30.3 Å². The van der Waals surface area contributed by atoms with E-state index in [4.69, 9.17) is 10.5 Å². The molecule has 2 aromatic rings. The molecule has 2 aliphatic heterocycles. The minimum absolute atomic E-state index is 0.0538. The van der Waals surface area contributed by atoms with Crippen molar-refractivity contribution >= 4 is 11.6 Å². The zero-order chi connectivity index (χ0) is 17.2. The number of ether oxygens (including phenoxy) is 1. The molecule has 4 nitrogen and oxygen atoms in total. The van der Waals surface area contributed by atoms with Crippen molar-refractivity contribution in [1.82, 2.24) is 0 Å². The third-order valence-electron chi connectivity index (χ3n) is 5.41. The van der Waals surface area contributed by atoms with E-state index in [1.165, 1.54) is 16.7 Å². The van der Waals surface area contributed by atoms with Crippen LogP contribution in [0.15, 0.2) is 48.5 Å². The number of amides is 1. The van der Waals surface area contributed by atoms with Gasteiger partial charge < -0.3 is 15.4 Å². The summed E-state index contributed by atoms with van der Waals surface area (Å²) in [5.74, 6) is 0.284. The van der Waals surface area contributed by atoms with Gasteiger partial charge in [-0.15, -0.1) is 0 Å². The molecule has 25 heavy (non-hydrogen) atoms. The van der Waals surface area contributed by atoms with Crippen LogP contribution < -0.4 is 10.6 Å². The van der Waals surface area contributed by atoms with Crippen LogP contribution in [0.1, 0.15) is 18.4 Å². The number of fused-ring (bicyclic) bond motifs is 1. The Hall–Kier alpha value is -2.17. The molecule has 1 amide bonds. The molecule has 0 saturated carbocycles. The molecule has 2 heterocycles. The van der Waals surface area contributed by atoms with Gasteiger partial charge in [0, 0.05) is 25.4 Å². The Morgan fingerprint density at radius 2 is 1.84 bits per heavy atom. The number of rotatable bonds is 3. The van der Waals surface area contributed by atoms with E-state index in [0.29, 0.717) is 13.2 Å². The highest BCUT2D eigenvalue weighted by Gasteiger charge is 2.33. The van der Waals surface area contributed by atoms with E-state index in [1.54, 1.807) is 0 Å². The van der Waals surface area contributed by atoms with Gasteiger partial charge in [-0.05, 0) is 54.0 Å². The lowest BCUT2D eigenvalue weighted by molar-refractivity contribution is -0.121. The summed E-state index contributed by atoms with van der Waals surface area (Å²) in [6, 6.07) is 16.3. The largest absolute Gasteiger partial charge is 0.381 e. The smallest absolute Gasteiger partial charge is 0.244 e. The van der Waals surface area contributed by atoms with Crippen LogP contribution in [0.3, 0.4) is 0 Å². The van der Waals surface area contributed by atoms with Crippen LogP contribution in [0.25, 0.3) is 11.1 Å². The minimum Gasteiger partial charge on any atom is -0.381 e. The van der Waals surface area contributed by atoms with Crippen LogP contribution in [0, 0.1) is 5.92 Å². The first-order valence-corrected chi connectivity index (χ1v) is 9.07. The summed E-state index contributed by atoms with van der Waals surface area (Å²) in [6.07, 6.45) is 2.64. The van der Waals surface area contributed by atoms with E-state index in [1.807, 2.05) is 23.1 Å². The zero-order valence-corrected chi connectivity index (χ0v) is 14.4. The fraction of sp³-hybridized carbons (Fsp3) is 0.381. The molecule has 0 bridgehead atoms. The molecule has 1 saturated heterocycles. The van der Waals surface area contributed by atoms with Gasteiger partial charge in [0.2, 0.25) is 5.91 Å². The van der Waals surface area contributed by atoms with E-state index < -0.39 is 6.04 Å². The van der Waals surface area contributed by atoms with Gasteiger partial charge in [0.15, 0.2) is 0 Å². The average molecular weight is 336 g/mol. The predicted octanol–water partition coefficient (Wildman–Crippen LogP) is 3.00. The number of carbonyl (C=O) groups excluding carboxylic acids is 1. The molecule has 0 aliphatic carbocycles. The van der Waals surface area contributed by atoms with Crippen LogP contribution >= 0.6 is 0 Å². The van der Waals surface area contributed by atoms with Crippen LogP contribution in [0.2, 0.25) is 0 Å². The van der Waals surface area contributed by atoms with Gasteiger partial charge in [-0.2, -0.15) is 0 Å². The highest BCUT2D eigenvalue weighted by molar-refractivity contribution is 5.99. The summed E-state index contributed by atoms with van der Waals surface area (Å²) in [6.45, 7) is 2.15. The van der Waals surface area contributed by atoms with Gasteiger partial charge in [0.05, 0.1) is 6.04 Å². The molecular formula is C21H24N2O2. The van der Waals surface area contributed by atoms with Crippen molar-refractivity contribution in [2.24, 2.45) is 11.7 Å². The molecule has 2 N–H and O–H groups in total. The Morgan fingerprint density at radius 3 is 2.60 bits per heavy atom. The third-order valence-corrected chi connectivity index (χ3v) is 5.41. The zero-order valence-electron chi connectivity index (χ0n) is 14.4. The van der Waals surface area contributed by atoms with Crippen LogP contribution in [-0.2, 0) is 16.0 Å². The molecule has 0 aromatic heterocycles. The second-order valence-electron chi connectivity index (χ2n) is 6.92. The predicted molar refractivity (Wildman–Crippen MR) is 99.5 cm³/mol. The number of benzene rings is 2. The first kappa shape index (κ1) is 16.3. The lowest BCUT2D eigenvalue weighted by atomic mass is 9.91. The standard InChI is InChI=1S/C21H24N2O2/c22-20(16-9-12-25-13-10-16)21(24)23-11-8-18-14-17(6-7-19(18)23)15-4-2-1-3-5-15/h1-7,14,16,20H,8-13,22H2. The lowest BCUT2D eigenvalue weighted by Gasteiger charge is -2.30. The van der Waals surface area contributed by atoms with E-state index in [-0.39, 0.29) is 11.8 Å². The van der Waals surface area contributed by atoms with Crippen LogP contribution in [0.5, 0.6) is 0 Å². The molecule has 2 aliphatic rings. The number of carbonyl (C=O) groups is 1. The normalized spacial score (nSPS) is 18.8. The lowest BCUT2D eigenvalue weighted by Crippen LogP contribution is -2.48. The first-order chi connectivity index (χ1) is 12.2. The summed E-state index contributed by atoms with van der Waals surface area (Å²) in [4.78, 5) is 14.8. The summed E-state index contributed by atoms with van der Waals surface area (Å²) < 4.78 is 5.39. The number of anilines is 1. The Balaban J connectivity index is 1.54. The Labute approximate surface area is 148 Å². The van der Waals surface area contributed by atoms with Gasteiger partial charge in [0.1, 0.15) is 0 Å². The fourth-order valence-corrected chi connectivity index (χ4v) is 3.90. The summed E-state index contributed by atoms with van der Waals surface area (Å²) >= 11 is 0. The molecular weight excluding hydrogens is 312 g/mol. The van der Waals surface area contributed by atoms with Crippen molar-refractivity contribution in [1.29, 1.82) is 0 Å². The molecule has 1 atom stereocenters. The molecule has 4 rings (SSSR count). The topological polar surface area (TPSA) is 55.6 Å². The fourth-order valence-electron chi connectivity index (χ4n) is 3.90. The first-order valence-electron chi connectivity index (χ1n) is 9.07. The molecule has 1 unspecified atom stereocenters. The van der Waals surface area contributed by atoms with Gasteiger partial charge >= 0.3 is 0 Å². The van der Waals surface area contributed by atoms with Crippen molar-refractivity contribution < 1.29 is 9.53 Å². The van der Waals surface area contributed by atoms with E-state index >= 15 is 0 Å². The molecule has 0 radical (unpaired) electrons. The van der Waals surface area contributed by atoms with Gasteiger partial charge in [-0.25, -0.2) is 0 Å². The number of nitrogens with two attached hydrogens (primary N) is 1. The summed E-state index contributed by atoms with van der Waals surface area (Å²) in [5.41, 5.74) is 11.0. The maximum absolute atomic E-state index is 12.9. The molecule has 0 spiro atoms. The molecule has 2 aromatic carbocycles. The Bertz CT molecular complexity index is 754. The van der Waals surface area contributed by atoms with Crippen molar-refractivity contribution in [3.8, 4) is 11.1 Å². The van der Waals surface area contributed by atoms with E-state index in [0.717, 1.165) is 31.5 Å². The van der Waals surface area contributed by atoms with Gasteiger partial charge in [0.25, 0.3) is 0 Å². The molecule has 4 heteroatoms. The summed E-state index contributed by atoms with van der Waals surface area (Å²) in [5, 5.41) is 0. The van der Waals surface area contributed by atoms with Crippen LogP contribution in [-0.4, -0.2) is 31.7 Å². The number of hydrogen-bond donors (Lipinski definition) is 1. The van der Waals surface area contributed by atoms with Crippen molar-refractivity contribution in [2.45, 2.75) is 25.3 Å². The average Bonchev–Trinajstić information content (AvgIpc) is 3.11. The number of nitrogens with zero attached hydrogens (tertiary/aromatic N) is 1. The Morgan fingerprint density at radius 1 is 1.08 bits per heavy atom. The second kappa shape index (κ2) is 6.98. The van der Waals surface area contributed by atoms with Gasteiger partial charge in [-0.3, -0.25) is 4.79 Å². The molecule has 130 valence electrons.